The van der Waals surface area contributed by atoms with Gasteiger partial charge in [-0.05, 0) is 37.6 Å². The van der Waals surface area contributed by atoms with Crippen LogP contribution >= 0.6 is 15.9 Å². The van der Waals surface area contributed by atoms with Crippen LogP contribution in [0.5, 0.6) is 0 Å². The fourth-order valence-electron chi connectivity index (χ4n) is 2.04. The first kappa shape index (κ1) is 13.2. The molecule has 2 aromatic carbocycles. The summed E-state index contributed by atoms with van der Waals surface area (Å²) in [4.78, 5) is -0.341. The Bertz CT molecular complexity index is 558. The number of hydrogen-bond acceptors (Lipinski definition) is 0. The van der Waals surface area contributed by atoms with Crippen molar-refractivity contribution in [1.82, 2.24) is 0 Å². The normalized spacial score (nSPS) is 12.5. The molecule has 0 bridgehead atoms. The standard InChI is InChI=1S/C15H13BrF2/c1-9-5-10(2)7-11(6-9)15(16)13-8-12(17)3-4-14(13)18/h3-8,15H,1-2H3. The zero-order chi connectivity index (χ0) is 13.3. The maximum absolute atomic E-state index is 13.7. The highest BCUT2D eigenvalue weighted by molar-refractivity contribution is 9.09. The van der Waals surface area contributed by atoms with Crippen LogP contribution in [0, 0.1) is 25.5 Å². The van der Waals surface area contributed by atoms with Gasteiger partial charge in [0.15, 0.2) is 0 Å². The summed E-state index contributed by atoms with van der Waals surface area (Å²) in [5, 5.41) is 0. The Morgan fingerprint density at radius 1 is 0.944 bits per heavy atom. The van der Waals surface area contributed by atoms with Crippen molar-refractivity contribution < 1.29 is 8.78 Å². The highest BCUT2D eigenvalue weighted by Gasteiger charge is 2.16. The van der Waals surface area contributed by atoms with Crippen LogP contribution < -0.4 is 0 Å². The van der Waals surface area contributed by atoms with Crippen LogP contribution in [0.2, 0.25) is 0 Å². The number of rotatable bonds is 2. The number of halogens is 3. The Labute approximate surface area is 114 Å². The average molecular weight is 311 g/mol. The first-order valence-corrected chi connectivity index (χ1v) is 6.56. The maximum atomic E-state index is 13.7. The average Bonchev–Trinajstić information content (AvgIpc) is 2.30. The molecule has 18 heavy (non-hydrogen) atoms. The second-order valence-corrected chi connectivity index (χ2v) is 5.37. The van der Waals surface area contributed by atoms with E-state index in [-0.39, 0.29) is 4.83 Å². The van der Waals surface area contributed by atoms with Crippen molar-refractivity contribution in [1.29, 1.82) is 0 Å². The number of hydrogen-bond donors (Lipinski definition) is 0. The summed E-state index contributed by atoms with van der Waals surface area (Å²) in [6, 6.07) is 9.49. The van der Waals surface area contributed by atoms with Gasteiger partial charge in [0.05, 0.1) is 4.83 Å². The summed E-state index contributed by atoms with van der Waals surface area (Å²) in [6.07, 6.45) is 0. The molecule has 0 spiro atoms. The van der Waals surface area contributed by atoms with Crippen molar-refractivity contribution in [2.75, 3.05) is 0 Å². The van der Waals surface area contributed by atoms with E-state index in [9.17, 15) is 8.78 Å². The van der Waals surface area contributed by atoms with E-state index in [2.05, 4.69) is 15.9 Å². The van der Waals surface area contributed by atoms with Crippen LogP contribution in [0.15, 0.2) is 36.4 Å². The van der Waals surface area contributed by atoms with Gasteiger partial charge in [-0.1, -0.05) is 45.3 Å². The van der Waals surface area contributed by atoms with Crippen molar-refractivity contribution in [3.8, 4) is 0 Å². The number of benzene rings is 2. The summed E-state index contributed by atoms with van der Waals surface area (Å²) in [7, 11) is 0. The van der Waals surface area contributed by atoms with Crippen LogP contribution in [0.4, 0.5) is 8.78 Å². The van der Waals surface area contributed by atoms with E-state index in [0.29, 0.717) is 5.56 Å². The highest BCUT2D eigenvalue weighted by atomic mass is 79.9. The zero-order valence-electron chi connectivity index (χ0n) is 10.2. The third-order valence-electron chi connectivity index (χ3n) is 2.77. The molecule has 2 aromatic rings. The Morgan fingerprint density at radius 2 is 1.56 bits per heavy atom. The minimum absolute atomic E-state index is 0.319. The molecule has 0 amide bonds. The van der Waals surface area contributed by atoms with E-state index in [0.717, 1.165) is 28.8 Å². The van der Waals surface area contributed by atoms with Crippen LogP contribution in [-0.4, -0.2) is 0 Å². The van der Waals surface area contributed by atoms with Gasteiger partial charge in [-0.25, -0.2) is 8.78 Å². The molecule has 0 heterocycles. The van der Waals surface area contributed by atoms with Gasteiger partial charge in [0.25, 0.3) is 0 Å². The molecular formula is C15H13BrF2. The van der Waals surface area contributed by atoms with E-state index in [4.69, 9.17) is 0 Å². The molecule has 0 saturated carbocycles. The lowest BCUT2D eigenvalue weighted by Gasteiger charge is -2.13. The van der Waals surface area contributed by atoms with Crippen molar-refractivity contribution in [2.24, 2.45) is 0 Å². The summed E-state index contributed by atoms with van der Waals surface area (Å²) in [5.74, 6) is -0.836. The maximum Gasteiger partial charge on any atom is 0.128 e. The molecule has 94 valence electrons. The van der Waals surface area contributed by atoms with E-state index in [1.165, 1.54) is 6.07 Å². The fourth-order valence-corrected chi connectivity index (χ4v) is 2.66. The molecule has 0 radical (unpaired) electrons. The quantitative estimate of drug-likeness (QED) is 0.680. The lowest BCUT2D eigenvalue weighted by Crippen LogP contribution is -1.98. The molecule has 0 nitrogen and oxygen atoms in total. The predicted molar refractivity (Wildman–Crippen MR) is 73.0 cm³/mol. The van der Waals surface area contributed by atoms with E-state index in [1.54, 1.807) is 0 Å². The summed E-state index contributed by atoms with van der Waals surface area (Å²) >= 11 is 3.44. The molecule has 0 aromatic heterocycles. The van der Waals surface area contributed by atoms with E-state index in [1.807, 2.05) is 32.0 Å². The third kappa shape index (κ3) is 2.78. The third-order valence-corrected chi connectivity index (χ3v) is 3.79. The monoisotopic (exact) mass is 310 g/mol. The first-order valence-electron chi connectivity index (χ1n) is 5.64. The second-order valence-electron chi connectivity index (χ2n) is 4.45. The first-order chi connectivity index (χ1) is 8.47. The SMILES string of the molecule is Cc1cc(C)cc(C(Br)c2cc(F)ccc2F)c1. The van der Waals surface area contributed by atoms with Gasteiger partial charge in [-0.2, -0.15) is 0 Å². The molecule has 0 N–H and O–H groups in total. The fraction of sp³-hybridized carbons (Fsp3) is 0.200. The van der Waals surface area contributed by atoms with Gasteiger partial charge in [-0.15, -0.1) is 0 Å². The van der Waals surface area contributed by atoms with E-state index < -0.39 is 11.6 Å². The zero-order valence-corrected chi connectivity index (χ0v) is 11.8. The van der Waals surface area contributed by atoms with Crippen LogP contribution in [0.25, 0.3) is 0 Å². The summed E-state index contributed by atoms with van der Waals surface area (Å²) in [6.45, 7) is 3.97. The molecule has 2 rings (SSSR count). The van der Waals surface area contributed by atoms with Crippen LogP contribution in [0.3, 0.4) is 0 Å². The number of aryl methyl sites for hydroxylation is 2. The minimum atomic E-state index is -0.430. The second kappa shape index (κ2) is 5.19. The molecule has 1 atom stereocenters. The molecule has 0 aliphatic rings. The van der Waals surface area contributed by atoms with Gasteiger partial charge < -0.3 is 0 Å². The summed E-state index contributed by atoms with van der Waals surface area (Å²) < 4.78 is 26.9. The molecule has 0 fully saturated rings. The Hall–Kier alpha value is -1.22. The molecule has 1 unspecified atom stereocenters. The van der Waals surface area contributed by atoms with Gasteiger partial charge in [0.1, 0.15) is 11.6 Å². The Morgan fingerprint density at radius 3 is 2.17 bits per heavy atom. The smallest absolute Gasteiger partial charge is 0.128 e. The lowest BCUT2D eigenvalue weighted by molar-refractivity contribution is 0.588. The topological polar surface area (TPSA) is 0 Å². The largest absolute Gasteiger partial charge is 0.207 e. The van der Waals surface area contributed by atoms with Crippen molar-refractivity contribution >= 4 is 15.9 Å². The molecule has 0 saturated heterocycles. The van der Waals surface area contributed by atoms with Gasteiger partial charge in [0, 0.05) is 5.56 Å². The predicted octanol–water partition coefficient (Wildman–Crippen LogP) is 5.07. The van der Waals surface area contributed by atoms with Crippen molar-refractivity contribution in [3.63, 3.8) is 0 Å². The van der Waals surface area contributed by atoms with Crippen LogP contribution in [0.1, 0.15) is 27.1 Å². The molecule has 3 heteroatoms. The minimum Gasteiger partial charge on any atom is -0.207 e. The Kier molecular flexibility index (Phi) is 3.81. The molecular weight excluding hydrogens is 298 g/mol. The van der Waals surface area contributed by atoms with Gasteiger partial charge in [0.2, 0.25) is 0 Å². The summed E-state index contributed by atoms with van der Waals surface area (Å²) in [5.41, 5.74) is 3.45. The Balaban J connectivity index is 2.47. The lowest BCUT2D eigenvalue weighted by atomic mass is 10.0. The van der Waals surface area contributed by atoms with Crippen molar-refractivity contribution in [3.05, 3.63) is 70.3 Å². The van der Waals surface area contributed by atoms with Gasteiger partial charge >= 0.3 is 0 Å². The highest BCUT2D eigenvalue weighted by Crippen LogP contribution is 2.33. The van der Waals surface area contributed by atoms with Crippen molar-refractivity contribution in [2.45, 2.75) is 18.7 Å². The number of alkyl halides is 1. The molecule has 0 aliphatic carbocycles. The van der Waals surface area contributed by atoms with Crippen LogP contribution in [-0.2, 0) is 0 Å². The van der Waals surface area contributed by atoms with Gasteiger partial charge in [-0.3, -0.25) is 0 Å². The molecule has 0 aliphatic heterocycles. The van der Waals surface area contributed by atoms with E-state index >= 15 is 0 Å².